The predicted octanol–water partition coefficient (Wildman–Crippen LogP) is 1.07. The van der Waals surface area contributed by atoms with Gasteiger partial charge in [0.25, 0.3) is 0 Å². The summed E-state index contributed by atoms with van der Waals surface area (Å²) in [6.07, 6.45) is 1.97. The minimum absolute atomic E-state index is 0.117. The molecule has 0 bridgehead atoms. The minimum Gasteiger partial charge on any atom is -0.380 e. The number of ether oxygens (including phenoxy) is 3. The summed E-state index contributed by atoms with van der Waals surface area (Å²) in [7, 11) is 5.13. The Hall–Kier alpha value is -0.200. The monoisotopic (exact) mass is 274 g/mol. The molecule has 1 fully saturated rings. The van der Waals surface area contributed by atoms with Gasteiger partial charge in [-0.1, -0.05) is 6.92 Å². The van der Waals surface area contributed by atoms with E-state index in [-0.39, 0.29) is 17.9 Å². The molecule has 1 heterocycles. The Labute approximate surface area is 117 Å². The first-order valence-corrected chi connectivity index (χ1v) is 7.04. The summed E-state index contributed by atoms with van der Waals surface area (Å²) in [6, 6.07) is 0. The van der Waals surface area contributed by atoms with Crippen molar-refractivity contribution in [3.8, 4) is 0 Å². The van der Waals surface area contributed by atoms with Crippen molar-refractivity contribution in [2.24, 2.45) is 11.7 Å². The zero-order chi connectivity index (χ0) is 14.5. The van der Waals surface area contributed by atoms with Crippen LogP contribution in [-0.4, -0.2) is 63.8 Å². The van der Waals surface area contributed by atoms with E-state index in [9.17, 15) is 0 Å². The third kappa shape index (κ3) is 4.13. The Bertz CT molecular complexity index is 261. The second kappa shape index (κ2) is 7.55. The van der Waals surface area contributed by atoms with Crippen molar-refractivity contribution in [1.82, 2.24) is 4.90 Å². The molecule has 5 heteroatoms. The molecule has 5 nitrogen and oxygen atoms in total. The molecule has 3 atom stereocenters. The summed E-state index contributed by atoms with van der Waals surface area (Å²) in [5, 5.41) is 0. The maximum atomic E-state index is 6.02. The van der Waals surface area contributed by atoms with Crippen LogP contribution < -0.4 is 5.73 Å². The lowest BCUT2D eigenvalue weighted by molar-refractivity contribution is -0.136. The van der Waals surface area contributed by atoms with Gasteiger partial charge in [0, 0.05) is 46.4 Å². The molecule has 1 rings (SSSR count). The Kier molecular flexibility index (Phi) is 6.69. The molecule has 0 spiro atoms. The van der Waals surface area contributed by atoms with Gasteiger partial charge in [-0.05, 0) is 25.8 Å². The fourth-order valence-electron chi connectivity index (χ4n) is 2.79. The van der Waals surface area contributed by atoms with Crippen molar-refractivity contribution in [3.05, 3.63) is 0 Å². The van der Waals surface area contributed by atoms with E-state index in [2.05, 4.69) is 18.7 Å². The molecule has 1 aliphatic rings. The maximum absolute atomic E-state index is 6.02. The second-order valence-corrected chi connectivity index (χ2v) is 5.79. The summed E-state index contributed by atoms with van der Waals surface area (Å²) in [6.45, 7) is 6.99. The molecule has 0 aromatic carbocycles. The van der Waals surface area contributed by atoms with Crippen LogP contribution in [0.4, 0.5) is 0 Å². The molecule has 1 saturated heterocycles. The lowest BCUT2D eigenvalue weighted by atomic mass is 9.88. The highest BCUT2D eigenvalue weighted by atomic mass is 16.7. The third-order valence-corrected chi connectivity index (χ3v) is 4.53. The van der Waals surface area contributed by atoms with Crippen LogP contribution in [0.5, 0.6) is 0 Å². The number of piperidine rings is 1. The summed E-state index contributed by atoms with van der Waals surface area (Å²) >= 11 is 0. The van der Waals surface area contributed by atoms with Crippen LogP contribution in [0, 0.1) is 5.92 Å². The molecular weight excluding hydrogens is 244 g/mol. The van der Waals surface area contributed by atoms with Gasteiger partial charge in [0.15, 0.2) is 6.29 Å². The van der Waals surface area contributed by atoms with E-state index in [1.807, 2.05) is 0 Å². The van der Waals surface area contributed by atoms with Crippen LogP contribution in [0.15, 0.2) is 0 Å². The highest BCUT2D eigenvalue weighted by molar-refractivity contribution is 4.93. The first-order valence-electron chi connectivity index (χ1n) is 7.04. The van der Waals surface area contributed by atoms with Crippen molar-refractivity contribution < 1.29 is 14.2 Å². The number of nitrogens with two attached hydrogens (primary N) is 1. The molecule has 3 unspecified atom stereocenters. The van der Waals surface area contributed by atoms with Gasteiger partial charge in [-0.25, -0.2) is 0 Å². The Morgan fingerprint density at radius 1 is 1.32 bits per heavy atom. The highest BCUT2D eigenvalue weighted by Gasteiger charge is 2.38. The summed E-state index contributed by atoms with van der Waals surface area (Å²) in [4.78, 5) is 2.42. The number of likely N-dealkylation sites (tertiary alicyclic amines) is 1. The van der Waals surface area contributed by atoms with Gasteiger partial charge in [0.05, 0.1) is 6.10 Å². The van der Waals surface area contributed by atoms with Crippen LogP contribution in [0.1, 0.15) is 26.7 Å². The molecule has 2 N–H and O–H groups in total. The first-order chi connectivity index (χ1) is 9.00. The van der Waals surface area contributed by atoms with E-state index in [1.165, 1.54) is 0 Å². The van der Waals surface area contributed by atoms with E-state index in [1.54, 1.807) is 21.3 Å². The fourth-order valence-corrected chi connectivity index (χ4v) is 2.79. The first kappa shape index (κ1) is 16.9. The van der Waals surface area contributed by atoms with Crippen molar-refractivity contribution in [2.45, 2.75) is 44.6 Å². The number of hydrogen-bond acceptors (Lipinski definition) is 5. The molecular formula is C14H30N2O3. The van der Waals surface area contributed by atoms with Gasteiger partial charge in [-0.2, -0.15) is 0 Å². The van der Waals surface area contributed by atoms with E-state index in [0.717, 1.165) is 25.9 Å². The smallest absolute Gasteiger partial charge is 0.158 e. The number of rotatable bonds is 7. The van der Waals surface area contributed by atoms with Gasteiger partial charge < -0.3 is 19.9 Å². The molecule has 0 radical (unpaired) electrons. The highest BCUT2D eigenvalue weighted by Crippen LogP contribution is 2.29. The zero-order valence-electron chi connectivity index (χ0n) is 13.0. The van der Waals surface area contributed by atoms with Crippen molar-refractivity contribution >= 4 is 0 Å². The Morgan fingerprint density at radius 2 is 1.95 bits per heavy atom. The number of nitrogens with zero attached hydrogens (tertiary/aromatic N) is 1. The summed E-state index contributed by atoms with van der Waals surface area (Å²) < 4.78 is 16.2. The molecule has 0 aromatic heterocycles. The van der Waals surface area contributed by atoms with E-state index < -0.39 is 0 Å². The average molecular weight is 274 g/mol. The molecule has 0 saturated carbocycles. The molecule has 114 valence electrons. The maximum Gasteiger partial charge on any atom is 0.158 e. The van der Waals surface area contributed by atoms with Gasteiger partial charge in [0.1, 0.15) is 0 Å². The Morgan fingerprint density at radius 3 is 2.42 bits per heavy atom. The second-order valence-electron chi connectivity index (χ2n) is 5.79. The van der Waals surface area contributed by atoms with Gasteiger partial charge in [-0.3, -0.25) is 4.90 Å². The normalized spacial score (nSPS) is 28.6. The lowest BCUT2D eigenvalue weighted by Gasteiger charge is -2.47. The van der Waals surface area contributed by atoms with Gasteiger partial charge in [0.2, 0.25) is 0 Å². The zero-order valence-corrected chi connectivity index (χ0v) is 13.0. The molecule has 19 heavy (non-hydrogen) atoms. The van der Waals surface area contributed by atoms with Gasteiger partial charge >= 0.3 is 0 Å². The van der Waals surface area contributed by atoms with Crippen molar-refractivity contribution in [3.63, 3.8) is 0 Å². The van der Waals surface area contributed by atoms with Crippen LogP contribution in [0.25, 0.3) is 0 Å². The summed E-state index contributed by atoms with van der Waals surface area (Å²) in [5.41, 5.74) is 5.91. The molecule has 0 amide bonds. The quantitative estimate of drug-likeness (QED) is 0.704. The van der Waals surface area contributed by atoms with Crippen LogP contribution in [-0.2, 0) is 14.2 Å². The molecule has 0 aliphatic carbocycles. The van der Waals surface area contributed by atoms with Crippen LogP contribution >= 0.6 is 0 Å². The number of hydrogen-bond donors (Lipinski definition) is 1. The van der Waals surface area contributed by atoms with Crippen molar-refractivity contribution in [1.29, 1.82) is 0 Å². The average Bonchev–Trinajstić information content (AvgIpc) is 2.44. The fraction of sp³-hybridized carbons (Fsp3) is 1.00. The summed E-state index contributed by atoms with van der Waals surface area (Å²) in [5.74, 6) is 0.601. The predicted molar refractivity (Wildman–Crippen MR) is 76.0 cm³/mol. The molecule has 1 aliphatic heterocycles. The van der Waals surface area contributed by atoms with E-state index >= 15 is 0 Å². The topological polar surface area (TPSA) is 57.0 Å². The van der Waals surface area contributed by atoms with Gasteiger partial charge in [-0.15, -0.1) is 0 Å². The van der Waals surface area contributed by atoms with E-state index in [4.69, 9.17) is 19.9 Å². The SMILES string of the molecule is COC(CC(C)(CN)N1CCC(C)C(OC)C1)OC. The molecule has 0 aromatic rings. The third-order valence-electron chi connectivity index (χ3n) is 4.53. The number of methoxy groups -OCH3 is 3. The lowest BCUT2D eigenvalue weighted by Crippen LogP contribution is -2.59. The van der Waals surface area contributed by atoms with Crippen LogP contribution in [0.3, 0.4) is 0 Å². The minimum atomic E-state index is -0.214. The van der Waals surface area contributed by atoms with E-state index in [0.29, 0.717) is 12.5 Å². The standard InChI is InChI=1S/C14H30N2O3/c1-11-6-7-16(9-12(11)17-3)14(2,10-15)8-13(18-4)19-5/h11-13H,6-10,15H2,1-5H3. The van der Waals surface area contributed by atoms with Crippen molar-refractivity contribution in [2.75, 3.05) is 41.0 Å². The Balaban J connectivity index is 2.72. The largest absolute Gasteiger partial charge is 0.380 e. The van der Waals surface area contributed by atoms with Crippen LogP contribution in [0.2, 0.25) is 0 Å².